The molecule has 1 amide bonds. The van der Waals surface area contributed by atoms with E-state index in [2.05, 4.69) is 10.2 Å². The number of fused-ring (bicyclic) bond motifs is 1. The van der Waals surface area contributed by atoms with Crippen molar-refractivity contribution in [3.63, 3.8) is 0 Å². The molecule has 0 radical (unpaired) electrons. The molecule has 1 fully saturated rings. The third-order valence-corrected chi connectivity index (χ3v) is 5.26. The number of nitrogens with zero attached hydrogens (tertiary/aromatic N) is 2. The van der Waals surface area contributed by atoms with E-state index in [9.17, 15) is 4.79 Å². The predicted molar refractivity (Wildman–Crippen MR) is 98.6 cm³/mol. The monoisotopic (exact) mass is 361 g/mol. The number of H-pyrrole nitrogens is 1. The molecule has 3 aromatic rings. The van der Waals surface area contributed by atoms with Gasteiger partial charge in [-0.15, -0.1) is 0 Å². The highest BCUT2D eigenvalue weighted by atomic mass is 16.7. The minimum Gasteiger partial charge on any atom is -0.477 e. The van der Waals surface area contributed by atoms with Crippen LogP contribution in [0.5, 0.6) is 5.75 Å². The first-order valence-electron chi connectivity index (χ1n) is 9.03. The van der Waals surface area contributed by atoms with Crippen LogP contribution in [0.15, 0.2) is 60.9 Å². The first-order chi connectivity index (χ1) is 13.2. The van der Waals surface area contributed by atoms with Crippen molar-refractivity contribution >= 4 is 5.91 Å². The summed E-state index contributed by atoms with van der Waals surface area (Å²) in [5, 5.41) is 8.23. The molecule has 1 saturated heterocycles. The van der Waals surface area contributed by atoms with Crippen molar-refractivity contribution < 1.29 is 14.4 Å². The van der Waals surface area contributed by atoms with Gasteiger partial charge in [0, 0.05) is 24.6 Å². The number of hydroxylamine groups is 2. The molecule has 2 aliphatic heterocycles. The van der Waals surface area contributed by atoms with Gasteiger partial charge in [0.05, 0.1) is 12.7 Å². The molecule has 136 valence electrons. The predicted octanol–water partition coefficient (Wildman–Crippen LogP) is 3.11. The van der Waals surface area contributed by atoms with Crippen molar-refractivity contribution in [2.75, 3.05) is 6.54 Å². The minimum atomic E-state index is -0.797. The van der Waals surface area contributed by atoms with E-state index < -0.39 is 5.60 Å². The van der Waals surface area contributed by atoms with Crippen LogP contribution in [0, 0.1) is 0 Å². The van der Waals surface area contributed by atoms with Crippen LogP contribution >= 0.6 is 0 Å². The zero-order valence-corrected chi connectivity index (χ0v) is 14.7. The Morgan fingerprint density at radius 2 is 2.00 bits per heavy atom. The Hall–Kier alpha value is -3.12. The average molecular weight is 361 g/mol. The number of carbonyl (C=O) groups is 1. The summed E-state index contributed by atoms with van der Waals surface area (Å²) in [6.45, 7) is 0.889. The second-order valence-corrected chi connectivity index (χ2v) is 7.00. The van der Waals surface area contributed by atoms with Gasteiger partial charge in [-0.2, -0.15) is 5.10 Å². The highest BCUT2D eigenvalue weighted by molar-refractivity contribution is 5.88. The second-order valence-electron chi connectivity index (χ2n) is 7.00. The molecule has 6 nitrogen and oxygen atoms in total. The van der Waals surface area contributed by atoms with E-state index in [1.165, 1.54) is 5.06 Å². The van der Waals surface area contributed by atoms with Gasteiger partial charge >= 0.3 is 0 Å². The molecule has 1 N–H and O–H groups in total. The fraction of sp³-hybridized carbons (Fsp3) is 0.238. The van der Waals surface area contributed by atoms with Crippen molar-refractivity contribution in [1.29, 1.82) is 0 Å². The number of rotatable bonds is 4. The Kier molecular flexibility index (Phi) is 3.72. The average Bonchev–Trinajstić information content (AvgIpc) is 3.42. The number of amides is 1. The Labute approximate surface area is 156 Å². The molecule has 6 heteroatoms. The number of ether oxygens (including phenoxy) is 1. The molecule has 1 atom stereocenters. The molecule has 2 aromatic carbocycles. The maximum absolute atomic E-state index is 12.9. The smallest absolute Gasteiger partial charge is 0.290 e. The van der Waals surface area contributed by atoms with Crippen LogP contribution in [0.3, 0.4) is 0 Å². The molecule has 0 saturated carbocycles. The van der Waals surface area contributed by atoms with Gasteiger partial charge in [-0.3, -0.25) is 14.7 Å². The Morgan fingerprint density at radius 3 is 2.78 bits per heavy atom. The molecule has 3 heterocycles. The molecular weight excluding hydrogens is 342 g/mol. The van der Waals surface area contributed by atoms with E-state index >= 15 is 0 Å². The van der Waals surface area contributed by atoms with Gasteiger partial charge in [-0.05, 0) is 22.8 Å². The van der Waals surface area contributed by atoms with Gasteiger partial charge < -0.3 is 4.74 Å². The van der Waals surface area contributed by atoms with Crippen LogP contribution < -0.4 is 4.74 Å². The maximum Gasteiger partial charge on any atom is 0.290 e. The van der Waals surface area contributed by atoms with Gasteiger partial charge in [0.15, 0.2) is 5.60 Å². The zero-order valence-electron chi connectivity index (χ0n) is 14.7. The summed E-state index contributed by atoms with van der Waals surface area (Å²) in [5.74, 6) is 0.719. The summed E-state index contributed by atoms with van der Waals surface area (Å²) in [7, 11) is 0. The van der Waals surface area contributed by atoms with E-state index in [0.717, 1.165) is 28.0 Å². The van der Waals surface area contributed by atoms with Gasteiger partial charge in [0.25, 0.3) is 5.91 Å². The SMILES string of the molecule is O=C1N(OCc2ccc(-c3cn[nH]c3)cc2)CCC12Cc1ccccc1O2. The quantitative estimate of drug-likeness (QED) is 0.775. The molecular formula is C21H19N3O3. The number of hydrogen-bond acceptors (Lipinski definition) is 4. The lowest BCUT2D eigenvalue weighted by Gasteiger charge is -2.22. The molecule has 1 aromatic heterocycles. The van der Waals surface area contributed by atoms with Crippen LogP contribution in [0.4, 0.5) is 0 Å². The van der Waals surface area contributed by atoms with Gasteiger partial charge in [0.1, 0.15) is 12.4 Å². The van der Waals surface area contributed by atoms with Crippen molar-refractivity contribution in [2.24, 2.45) is 0 Å². The van der Waals surface area contributed by atoms with E-state index in [4.69, 9.17) is 9.57 Å². The summed E-state index contributed by atoms with van der Waals surface area (Å²) in [4.78, 5) is 18.7. The van der Waals surface area contributed by atoms with Crippen molar-refractivity contribution in [2.45, 2.75) is 25.0 Å². The molecule has 5 rings (SSSR count). The lowest BCUT2D eigenvalue weighted by molar-refractivity contribution is -0.189. The van der Waals surface area contributed by atoms with Gasteiger partial charge in [-0.25, -0.2) is 5.06 Å². The third kappa shape index (κ3) is 2.78. The van der Waals surface area contributed by atoms with Crippen molar-refractivity contribution in [3.8, 4) is 16.9 Å². The van der Waals surface area contributed by atoms with Crippen LogP contribution in [-0.2, 0) is 22.7 Å². The molecule has 0 aliphatic carbocycles. The minimum absolute atomic E-state index is 0.0892. The van der Waals surface area contributed by atoms with E-state index in [0.29, 0.717) is 26.0 Å². The lowest BCUT2D eigenvalue weighted by Crippen LogP contribution is -2.43. The van der Waals surface area contributed by atoms with E-state index in [-0.39, 0.29) is 5.91 Å². The summed E-state index contributed by atoms with van der Waals surface area (Å²) >= 11 is 0. The number of hydrogen-bond donors (Lipinski definition) is 1. The Bertz CT molecular complexity index is 942. The summed E-state index contributed by atoms with van der Waals surface area (Å²) < 4.78 is 6.03. The standard InChI is InChI=1S/C21H19N3O3/c25-20-21(11-17-3-1-2-4-19(17)27-21)9-10-24(20)26-14-15-5-7-16(8-6-15)18-12-22-23-13-18/h1-8,12-13H,9-11,14H2,(H,22,23). The number of carbonyl (C=O) groups excluding carboxylic acids is 1. The largest absolute Gasteiger partial charge is 0.477 e. The highest BCUT2D eigenvalue weighted by Gasteiger charge is 2.53. The van der Waals surface area contributed by atoms with Crippen LogP contribution in [0.2, 0.25) is 0 Å². The Morgan fingerprint density at radius 1 is 1.15 bits per heavy atom. The van der Waals surface area contributed by atoms with Gasteiger partial charge in [-0.1, -0.05) is 42.5 Å². The van der Waals surface area contributed by atoms with Crippen LogP contribution in [0.25, 0.3) is 11.1 Å². The number of benzene rings is 2. The van der Waals surface area contributed by atoms with Crippen molar-refractivity contribution in [3.05, 3.63) is 72.1 Å². The number of aromatic amines is 1. The molecule has 0 bridgehead atoms. The van der Waals surface area contributed by atoms with Crippen LogP contribution in [0.1, 0.15) is 17.5 Å². The fourth-order valence-corrected chi connectivity index (χ4v) is 3.76. The normalized spacial score (nSPS) is 20.9. The molecule has 1 unspecified atom stereocenters. The third-order valence-electron chi connectivity index (χ3n) is 5.26. The van der Waals surface area contributed by atoms with Gasteiger partial charge in [0.2, 0.25) is 0 Å². The molecule has 27 heavy (non-hydrogen) atoms. The van der Waals surface area contributed by atoms with E-state index in [1.54, 1.807) is 6.20 Å². The highest BCUT2D eigenvalue weighted by Crippen LogP contribution is 2.41. The second kappa shape index (κ2) is 6.25. The van der Waals surface area contributed by atoms with Crippen molar-refractivity contribution in [1.82, 2.24) is 15.3 Å². The molecule has 2 aliphatic rings. The number of nitrogens with one attached hydrogen (secondary N) is 1. The first-order valence-corrected chi connectivity index (χ1v) is 9.03. The summed E-state index contributed by atoms with van der Waals surface area (Å²) in [6.07, 6.45) is 4.89. The fourth-order valence-electron chi connectivity index (χ4n) is 3.76. The zero-order chi connectivity index (χ0) is 18.3. The lowest BCUT2D eigenvalue weighted by atomic mass is 9.96. The van der Waals surface area contributed by atoms with E-state index in [1.807, 2.05) is 54.7 Å². The van der Waals surface area contributed by atoms with Crippen LogP contribution in [-0.4, -0.2) is 33.3 Å². The topological polar surface area (TPSA) is 67.5 Å². The Balaban J connectivity index is 1.23. The number of para-hydroxylation sites is 1. The summed E-state index contributed by atoms with van der Waals surface area (Å²) in [6, 6.07) is 15.9. The first kappa shape index (κ1) is 16.1. The molecule has 1 spiro atoms. The maximum atomic E-state index is 12.9. The number of aromatic nitrogens is 2. The summed E-state index contributed by atoms with van der Waals surface area (Å²) in [5.41, 5.74) is 3.42.